The number of hydrogen-bond donors (Lipinski definition) is 3. The van der Waals surface area contributed by atoms with Crippen LogP contribution in [0.25, 0.3) is 11.3 Å². The highest BCUT2D eigenvalue weighted by Crippen LogP contribution is 2.24. The van der Waals surface area contributed by atoms with Gasteiger partial charge in [0, 0.05) is 30.3 Å². The minimum absolute atomic E-state index is 0.0538. The quantitative estimate of drug-likeness (QED) is 0.370. The van der Waals surface area contributed by atoms with E-state index in [-0.39, 0.29) is 34.9 Å². The van der Waals surface area contributed by atoms with Gasteiger partial charge < -0.3 is 21.1 Å². The Kier molecular flexibility index (Phi) is 7.09. The van der Waals surface area contributed by atoms with Gasteiger partial charge in [0.15, 0.2) is 11.5 Å². The van der Waals surface area contributed by atoms with Crippen LogP contribution in [0.3, 0.4) is 0 Å². The Hall–Kier alpha value is -4.48. The Morgan fingerprint density at radius 3 is 2.50 bits per heavy atom. The Morgan fingerprint density at radius 1 is 1.06 bits per heavy atom. The summed E-state index contributed by atoms with van der Waals surface area (Å²) < 4.78 is 41.9. The standard InChI is InChI=1S/C22H18F3N5O4/c1-27-20(32)17-18(26)28-11-15(30-17)12-6-4-7-13(9-12)19(31)29-10-14-5-2-3-8-16(14)34-21(33)22(23,24)25/h2-9,11H,10H2,1H3,(H2,26,28)(H,27,32)(H,29,31). The van der Waals surface area contributed by atoms with Crippen molar-refractivity contribution in [1.82, 2.24) is 20.6 Å². The van der Waals surface area contributed by atoms with Gasteiger partial charge in [0.05, 0.1) is 11.9 Å². The molecule has 3 rings (SSSR count). The van der Waals surface area contributed by atoms with Crippen molar-refractivity contribution >= 4 is 23.6 Å². The predicted molar refractivity (Wildman–Crippen MR) is 115 cm³/mol. The van der Waals surface area contributed by atoms with Gasteiger partial charge in [0.1, 0.15) is 5.75 Å². The van der Waals surface area contributed by atoms with Crippen LogP contribution in [-0.2, 0) is 11.3 Å². The first kappa shape index (κ1) is 24.2. The minimum atomic E-state index is -5.15. The van der Waals surface area contributed by atoms with Crippen LogP contribution < -0.4 is 21.1 Å². The number of carbonyl (C=O) groups is 3. The number of nitrogens with zero attached hydrogens (tertiary/aromatic N) is 2. The predicted octanol–water partition coefficient (Wildman–Crippen LogP) is 2.48. The highest BCUT2D eigenvalue weighted by molar-refractivity contribution is 5.97. The monoisotopic (exact) mass is 473 g/mol. The summed E-state index contributed by atoms with van der Waals surface area (Å²) in [6, 6.07) is 11.8. The first-order valence-electron chi connectivity index (χ1n) is 9.70. The van der Waals surface area contributed by atoms with Crippen LogP contribution in [0.5, 0.6) is 5.75 Å². The number of para-hydroxylation sites is 1. The molecule has 9 nitrogen and oxygen atoms in total. The number of carbonyl (C=O) groups excluding carboxylic acids is 3. The number of amides is 2. The van der Waals surface area contributed by atoms with E-state index in [1.807, 2.05) is 0 Å². The molecule has 0 saturated carbocycles. The van der Waals surface area contributed by atoms with Crippen LogP contribution in [0, 0.1) is 0 Å². The van der Waals surface area contributed by atoms with E-state index in [9.17, 15) is 27.6 Å². The molecule has 1 heterocycles. The second-order valence-corrected chi connectivity index (χ2v) is 6.83. The molecule has 3 aromatic rings. The average Bonchev–Trinajstić information content (AvgIpc) is 2.82. The molecule has 0 fully saturated rings. The van der Waals surface area contributed by atoms with Gasteiger partial charge >= 0.3 is 12.1 Å². The molecule has 0 aliphatic heterocycles. The van der Waals surface area contributed by atoms with Crippen molar-refractivity contribution < 1.29 is 32.3 Å². The lowest BCUT2D eigenvalue weighted by Crippen LogP contribution is -2.29. The van der Waals surface area contributed by atoms with E-state index in [2.05, 4.69) is 25.3 Å². The zero-order valence-corrected chi connectivity index (χ0v) is 17.6. The van der Waals surface area contributed by atoms with E-state index < -0.39 is 24.0 Å². The van der Waals surface area contributed by atoms with Crippen LogP contribution in [0.4, 0.5) is 19.0 Å². The molecule has 0 saturated heterocycles. The molecule has 0 spiro atoms. The van der Waals surface area contributed by atoms with Gasteiger partial charge in [-0.25, -0.2) is 14.8 Å². The van der Waals surface area contributed by atoms with E-state index in [4.69, 9.17) is 5.73 Å². The van der Waals surface area contributed by atoms with Crippen LogP contribution in [-0.4, -0.2) is 41.0 Å². The minimum Gasteiger partial charge on any atom is -0.420 e. The summed E-state index contributed by atoms with van der Waals surface area (Å²) in [5, 5.41) is 4.97. The normalized spacial score (nSPS) is 10.9. The SMILES string of the molecule is CNC(=O)c1nc(-c2cccc(C(=O)NCc3ccccc3OC(=O)C(F)(F)F)c2)cnc1N. The summed E-state index contributed by atoms with van der Waals surface area (Å²) in [4.78, 5) is 43.9. The highest BCUT2D eigenvalue weighted by Gasteiger charge is 2.41. The second-order valence-electron chi connectivity index (χ2n) is 6.83. The van der Waals surface area contributed by atoms with Crippen molar-refractivity contribution in [3.8, 4) is 17.0 Å². The fourth-order valence-electron chi connectivity index (χ4n) is 2.83. The molecular weight excluding hydrogens is 455 g/mol. The molecule has 0 radical (unpaired) electrons. The second kappa shape index (κ2) is 9.98. The summed E-state index contributed by atoms with van der Waals surface area (Å²) in [5.41, 5.74) is 6.78. The number of benzene rings is 2. The van der Waals surface area contributed by atoms with Crippen LogP contribution >= 0.6 is 0 Å². The molecule has 2 aromatic carbocycles. The van der Waals surface area contributed by atoms with Crippen molar-refractivity contribution in [3.63, 3.8) is 0 Å². The lowest BCUT2D eigenvalue weighted by molar-refractivity contribution is -0.189. The highest BCUT2D eigenvalue weighted by atomic mass is 19.4. The number of rotatable bonds is 6. The Labute approximate surface area is 191 Å². The molecule has 0 aliphatic carbocycles. The van der Waals surface area contributed by atoms with Crippen molar-refractivity contribution in [2.45, 2.75) is 12.7 Å². The molecule has 0 bridgehead atoms. The summed E-state index contributed by atoms with van der Waals surface area (Å²) in [6.45, 7) is -0.202. The molecule has 1 aromatic heterocycles. The van der Waals surface area contributed by atoms with Gasteiger partial charge in [-0.05, 0) is 18.2 Å². The fourth-order valence-corrected chi connectivity index (χ4v) is 2.83. The van der Waals surface area contributed by atoms with Gasteiger partial charge in [0.25, 0.3) is 11.8 Å². The number of anilines is 1. The van der Waals surface area contributed by atoms with E-state index in [0.29, 0.717) is 11.3 Å². The molecular formula is C22H18F3N5O4. The third-order valence-corrected chi connectivity index (χ3v) is 4.51. The summed E-state index contributed by atoms with van der Waals surface area (Å²) >= 11 is 0. The number of aromatic nitrogens is 2. The summed E-state index contributed by atoms with van der Waals surface area (Å²) in [5.74, 6) is -3.81. The third kappa shape index (κ3) is 5.65. The van der Waals surface area contributed by atoms with Gasteiger partial charge in [0.2, 0.25) is 0 Å². The zero-order valence-electron chi connectivity index (χ0n) is 17.6. The van der Waals surface area contributed by atoms with Crippen LogP contribution in [0.15, 0.2) is 54.7 Å². The van der Waals surface area contributed by atoms with Crippen molar-refractivity contribution in [1.29, 1.82) is 0 Å². The lowest BCUT2D eigenvalue weighted by atomic mass is 10.1. The van der Waals surface area contributed by atoms with Crippen molar-refractivity contribution in [2.24, 2.45) is 0 Å². The first-order valence-corrected chi connectivity index (χ1v) is 9.70. The van der Waals surface area contributed by atoms with Gasteiger partial charge in [-0.1, -0.05) is 30.3 Å². The van der Waals surface area contributed by atoms with E-state index in [1.165, 1.54) is 49.6 Å². The molecule has 12 heteroatoms. The van der Waals surface area contributed by atoms with Gasteiger partial charge in [-0.3, -0.25) is 9.59 Å². The largest absolute Gasteiger partial charge is 0.491 e. The third-order valence-electron chi connectivity index (χ3n) is 4.51. The maximum Gasteiger partial charge on any atom is 0.491 e. The maximum absolute atomic E-state index is 12.7. The molecule has 4 N–H and O–H groups in total. The molecule has 2 amide bonds. The van der Waals surface area contributed by atoms with Crippen molar-refractivity contribution in [2.75, 3.05) is 12.8 Å². The molecule has 0 atom stereocenters. The summed E-state index contributed by atoms with van der Waals surface area (Å²) in [7, 11) is 1.42. The van der Waals surface area contributed by atoms with Crippen LogP contribution in [0.2, 0.25) is 0 Å². The number of ether oxygens (including phenoxy) is 1. The molecule has 34 heavy (non-hydrogen) atoms. The first-order chi connectivity index (χ1) is 16.1. The van der Waals surface area contributed by atoms with E-state index in [1.54, 1.807) is 12.1 Å². The number of nitrogen functional groups attached to an aromatic ring is 1. The fraction of sp³-hybridized carbons (Fsp3) is 0.136. The number of alkyl halides is 3. The topological polar surface area (TPSA) is 136 Å². The van der Waals surface area contributed by atoms with E-state index >= 15 is 0 Å². The molecule has 0 aliphatic rings. The average molecular weight is 473 g/mol. The van der Waals surface area contributed by atoms with Crippen LogP contribution in [0.1, 0.15) is 26.4 Å². The summed E-state index contributed by atoms with van der Waals surface area (Å²) in [6.07, 6.45) is -3.80. The molecule has 176 valence electrons. The number of nitrogens with one attached hydrogen (secondary N) is 2. The Balaban J connectivity index is 1.77. The maximum atomic E-state index is 12.7. The Bertz CT molecular complexity index is 1250. The van der Waals surface area contributed by atoms with Gasteiger partial charge in [-0.2, -0.15) is 13.2 Å². The number of hydrogen-bond acceptors (Lipinski definition) is 7. The van der Waals surface area contributed by atoms with Crippen molar-refractivity contribution in [3.05, 3.63) is 71.5 Å². The lowest BCUT2D eigenvalue weighted by Gasteiger charge is -2.12. The Morgan fingerprint density at radius 2 is 1.79 bits per heavy atom. The number of nitrogens with two attached hydrogens (primary N) is 1. The number of esters is 1. The molecule has 0 unspecified atom stereocenters. The van der Waals surface area contributed by atoms with E-state index in [0.717, 1.165) is 0 Å². The van der Waals surface area contributed by atoms with Gasteiger partial charge in [-0.15, -0.1) is 0 Å². The number of halogens is 3. The smallest absolute Gasteiger partial charge is 0.420 e. The zero-order chi connectivity index (χ0) is 24.9.